The number of aromatic amines is 1. The summed E-state index contributed by atoms with van der Waals surface area (Å²) in [6.07, 6.45) is 6.86. The van der Waals surface area contributed by atoms with Crippen molar-refractivity contribution in [3.63, 3.8) is 0 Å². The lowest BCUT2D eigenvalue weighted by molar-refractivity contribution is -0.137. The zero-order valence-corrected chi connectivity index (χ0v) is 12.4. The molecule has 0 radical (unpaired) electrons. The molecule has 2 amide bonds. The van der Waals surface area contributed by atoms with E-state index >= 15 is 0 Å². The van der Waals surface area contributed by atoms with E-state index in [1.165, 1.54) is 6.42 Å². The standard InChI is InChI=1S/C16H23N3O2/c20-15(18-9-2-1-3-10-18)13-6-11-19(12-7-13)16(21)14-5-4-8-17-14/h4-5,8,13,17H,1-3,6-7,9-12H2. The zero-order valence-electron chi connectivity index (χ0n) is 12.4. The fraction of sp³-hybridized carbons (Fsp3) is 0.625. The minimum Gasteiger partial charge on any atom is -0.357 e. The van der Waals surface area contributed by atoms with Crippen LogP contribution in [0.4, 0.5) is 0 Å². The lowest BCUT2D eigenvalue weighted by atomic mass is 9.94. The maximum Gasteiger partial charge on any atom is 0.270 e. The maximum atomic E-state index is 12.5. The third kappa shape index (κ3) is 3.12. The molecule has 0 unspecified atom stereocenters. The van der Waals surface area contributed by atoms with Crippen LogP contribution in [0, 0.1) is 5.92 Å². The normalized spacial score (nSPS) is 20.6. The number of carbonyl (C=O) groups is 2. The molecule has 0 spiro atoms. The van der Waals surface area contributed by atoms with Gasteiger partial charge in [0.15, 0.2) is 0 Å². The molecule has 1 aromatic rings. The van der Waals surface area contributed by atoms with Gasteiger partial charge in [0.05, 0.1) is 0 Å². The predicted octanol–water partition coefficient (Wildman–Crippen LogP) is 1.88. The molecule has 0 aromatic carbocycles. The molecule has 114 valence electrons. The van der Waals surface area contributed by atoms with Crippen molar-refractivity contribution in [1.82, 2.24) is 14.8 Å². The average molecular weight is 289 g/mol. The Morgan fingerprint density at radius 2 is 1.71 bits per heavy atom. The van der Waals surface area contributed by atoms with E-state index in [4.69, 9.17) is 0 Å². The van der Waals surface area contributed by atoms with Gasteiger partial charge in [-0.05, 0) is 44.2 Å². The van der Waals surface area contributed by atoms with Gasteiger partial charge in [0.25, 0.3) is 5.91 Å². The number of nitrogens with zero attached hydrogens (tertiary/aromatic N) is 2. The van der Waals surface area contributed by atoms with E-state index in [-0.39, 0.29) is 11.8 Å². The smallest absolute Gasteiger partial charge is 0.270 e. The lowest BCUT2D eigenvalue weighted by Crippen LogP contribution is -2.45. The Morgan fingerprint density at radius 1 is 1.00 bits per heavy atom. The van der Waals surface area contributed by atoms with Gasteiger partial charge in [0.1, 0.15) is 5.69 Å². The van der Waals surface area contributed by atoms with Crippen molar-refractivity contribution in [2.45, 2.75) is 32.1 Å². The first kappa shape index (κ1) is 14.2. The third-order valence-corrected chi connectivity index (χ3v) is 4.63. The molecule has 2 saturated heterocycles. The minimum absolute atomic E-state index is 0.0453. The molecule has 2 aliphatic heterocycles. The molecule has 1 N–H and O–H groups in total. The first-order valence-electron chi connectivity index (χ1n) is 7.97. The molecule has 21 heavy (non-hydrogen) atoms. The van der Waals surface area contributed by atoms with Crippen LogP contribution in [0.25, 0.3) is 0 Å². The number of likely N-dealkylation sites (tertiary alicyclic amines) is 2. The predicted molar refractivity (Wildman–Crippen MR) is 79.9 cm³/mol. The summed E-state index contributed by atoms with van der Waals surface area (Å²) in [6.45, 7) is 3.20. The first-order chi connectivity index (χ1) is 10.3. The second-order valence-electron chi connectivity index (χ2n) is 6.04. The summed E-state index contributed by atoms with van der Waals surface area (Å²) in [6, 6.07) is 3.63. The quantitative estimate of drug-likeness (QED) is 0.903. The maximum absolute atomic E-state index is 12.5. The van der Waals surface area contributed by atoms with Crippen LogP contribution < -0.4 is 0 Å². The first-order valence-corrected chi connectivity index (χ1v) is 7.97. The third-order valence-electron chi connectivity index (χ3n) is 4.63. The zero-order chi connectivity index (χ0) is 14.7. The van der Waals surface area contributed by atoms with Crippen LogP contribution in [0.1, 0.15) is 42.6 Å². The van der Waals surface area contributed by atoms with E-state index in [0.717, 1.165) is 38.8 Å². The van der Waals surface area contributed by atoms with Crippen LogP contribution >= 0.6 is 0 Å². The number of aromatic nitrogens is 1. The Morgan fingerprint density at radius 3 is 2.33 bits per heavy atom. The van der Waals surface area contributed by atoms with Crippen molar-refractivity contribution in [3.8, 4) is 0 Å². The average Bonchev–Trinajstić information content (AvgIpc) is 3.09. The van der Waals surface area contributed by atoms with Crippen molar-refractivity contribution >= 4 is 11.8 Å². The van der Waals surface area contributed by atoms with Crippen molar-refractivity contribution in [2.24, 2.45) is 5.92 Å². The fourth-order valence-corrected chi connectivity index (χ4v) is 3.34. The molecule has 5 heteroatoms. The van der Waals surface area contributed by atoms with E-state index in [1.807, 2.05) is 15.9 Å². The van der Waals surface area contributed by atoms with Gasteiger partial charge in [-0.25, -0.2) is 0 Å². The summed E-state index contributed by atoms with van der Waals surface area (Å²) < 4.78 is 0. The molecular formula is C16H23N3O2. The molecule has 3 heterocycles. The number of H-pyrrole nitrogens is 1. The molecular weight excluding hydrogens is 266 g/mol. The van der Waals surface area contributed by atoms with Crippen LogP contribution in [-0.4, -0.2) is 52.8 Å². The fourth-order valence-electron chi connectivity index (χ4n) is 3.34. The van der Waals surface area contributed by atoms with E-state index in [9.17, 15) is 9.59 Å². The number of carbonyl (C=O) groups excluding carboxylic acids is 2. The molecule has 3 rings (SSSR count). The van der Waals surface area contributed by atoms with Crippen LogP contribution in [0.5, 0.6) is 0 Å². The van der Waals surface area contributed by atoms with Crippen LogP contribution in [0.3, 0.4) is 0 Å². The van der Waals surface area contributed by atoms with Gasteiger partial charge < -0.3 is 14.8 Å². The number of rotatable bonds is 2. The minimum atomic E-state index is 0.0453. The molecule has 0 saturated carbocycles. The Labute approximate surface area is 125 Å². The highest BCUT2D eigenvalue weighted by molar-refractivity contribution is 5.92. The number of nitrogens with one attached hydrogen (secondary N) is 1. The van der Waals surface area contributed by atoms with E-state index in [0.29, 0.717) is 24.7 Å². The van der Waals surface area contributed by atoms with Gasteiger partial charge >= 0.3 is 0 Å². The monoisotopic (exact) mass is 289 g/mol. The number of amides is 2. The van der Waals surface area contributed by atoms with E-state index in [1.54, 1.807) is 12.3 Å². The van der Waals surface area contributed by atoms with Gasteiger partial charge in [0, 0.05) is 38.3 Å². The highest BCUT2D eigenvalue weighted by Crippen LogP contribution is 2.22. The second-order valence-corrected chi connectivity index (χ2v) is 6.04. The molecule has 2 fully saturated rings. The Hall–Kier alpha value is -1.78. The van der Waals surface area contributed by atoms with Crippen molar-refractivity contribution in [1.29, 1.82) is 0 Å². The number of hydrogen-bond donors (Lipinski definition) is 1. The van der Waals surface area contributed by atoms with Crippen molar-refractivity contribution in [2.75, 3.05) is 26.2 Å². The lowest BCUT2D eigenvalue weighted by Gasteiger charge is -2.35. The molecule has 1 aromatic heterocycles. The van der Waals surface area contributed by atoms with Gasteiger partial charge in [-0.15, -0.1) is 0 Å². The Bertz CT molecular complexity index is 484. The molecule has 5 nitrogen and oxygen atoms in total. The highest BCUT2D eigenvalue weighted by Gasteiger charge is 2.31. The van der Waals surface area contributed by atoms with Crippen molar-refractivity contribution in [3.05, 3.63) is 24.0 Å². The van der Waals surface area contributed by atoms with E-state index < -0.39 is 0 Å². The summed E-state index contributed by atoms with van der Waals surface area (Å²) in [5, 5.41) is 0. The van der Waals surface area contributed by atoms with Crippen LogP contribution in [0.2, 0.25) is 0 Å². The number of hydrogen-bond acceptors (Lipinski definition) is 2. The molecule has 2 aliphatic rings. The Kier molecular flexibility index (Phi) is 4.27. The highest BCUT2D eigenvalue weighted by atomic mass is 16.2. The molecule has 0 aliphatic carbocycles. The summed E-state index contributed by atoms with van der Waals surface area (Å²) in [4.78, 5) is 31.5. The summed E-state index contributed by atoms with van der Waals surface area (Å²) in [7, 11) is 0. The van der Waals surface area contributed by atoms with E-state index in [2.05, 4.69) is 4.98 Å². The summed E-state index contributed by atoms with van der Waals surface area (Å²) >= 11 is 0. The van der Waals surface area contributed by atoms with Crippen molar-refractivity contribution < 1.29 is 9.59 Å². The van der Waals surface area contributed by atoms with Crippen LogP contribution in [0.15, 0.2) is 18.3 Å². The van der Waals surface area contributed by atoms with Gasteiger partial charge in [-0.3, -0.25) is 9.59 Å². The largest absolute Gasteiger partial charge is 0.357 e. The summed E-state index contributed by atoms with van der Waals surface area (Å²) in [5.41, 5.74) is 0.635. The van der Waals surface area contributed by atoms with Gasteiger partial charge in [0.2, 0.25) is 5.91 Å². The Balaban J connectivity index is 1.52. The summed E-state index contributed by atoms with van der Waals surface area (Å²) in [5.74, 6) is 0.460. The van der Waals surface area contributed by atoms with Crippen LogP contribution in [-0.2, 0) is 4.79 Å². The van der Waals surface area contributed by atoms with Gasteiger partial charge in [-0.2, -0.15) is 0 Å². The molecule has 0 atom stereocenters. The second kappa shape index (κ2) is 6.33. The topological polar surface area (TPSA) is 56.4 Å². The SMILES string of the molecule is O=C(c1ccc[nH]1)N1CCC(C(=O)N2CCCCC2)CC1. The van der Waals surface area contributed by atoms with Gasteiger partial charge in [-0.1, -0.05) is 0 Å². The molecule has 0 bridgehead atoms. The number of piperidine rings is 2.